The van der Waals surface area contributed by atoms with E-state index in [2.05, 4.69) is 10.6 Å². The Morgan fingerprint density at radius 3 is 2.73 bits per heavy atom. The normalized spacial score (nSPS) is 12.9. The van der Waals surface area contributed by atoms with Gasteiger partial charge in [0.1, 0.15) is 5.75 Å². The minimum Gasteiger partial charge on any atom is -0.482 e. The van der Waals surface area contributed by atoms with Gasteiger partial charge in [-0.3, -0.25) is 9.59 Å². The van der Waals surface area contributed by atoms with Crippen molar-refractivity contribution in [3.8, 4) is 5.75 Å². The van der Waals surface area contributed by atoms with Crippen LogP contribution in [0.25, 0.3) is 0 Å². The Balaban J connectivity index is 1.81. The molecule has 0 unspecified atom stereocenters. The molecule has 0 aromatic heterocycles. The monoisotopic (exact) mass is 336 g/mol. The maximum atomic E-state index is 12.2. The number of amides is 2. The van der Waals surface area contributed by atoms with E-state index in [0.717, 1.165) is 0 Å². The Morgan fingerprint density at radius 1 is 1.14 bits per heavy atom. The van der Waals surface area contributed by atoms with Gasteiger partial charge < -0.3 is 15.4 Å². The number of benzene rings is 2. The molecule has 2 aromatic rings. The van der Waals surface area contributed by atoms with Crippen molar-refractivity contribution >= 4 is 46.4 Å². The molecule has 0 bridgehead atoms. The van der Waals surface area contributed by atoms with Gasteiger partial charge in [0, 0.05) is 11.3 Å². The highest BCUT2D eigenvalue weighted by Crippen LogP contribution is 2.29. The average molecular weight is 337 g/mol. The predicted octanol–water partition coefficient (Wildman–Crippen LogP) is 3.58. The molecule has 0 atom stereocenters. The smallest absolute Gasteiger partial charge is 0.262 e. The molecule has 0 aliphatic carbocycles. The molecule has 2 aromatic carbocycles. The standard InChI is InChI=1S/C15H10Cl2N2O3/c16-10-3-2-9(6-11(10)17)18-15(21)8-1-4-13-12(5-8)19-14(20)7-22-13/h1-6H,7H2,(H,18,21)(H,19,20). The maximum Gasteiger partial charge on any atom is 0.262 e. The van der Waals surface area contributed by atoms with Crippen molar-refractivity contribution in [2.24, 2.45) is 0 Å². The van der Waals surface area contributed by atoms with Crippen LogP contribution in [-0.4, -0.2) is 18.4 Å². The molecule has 1 heterocycles. The number of ether oxygens (including phenoxy) is 1. The molecule has 0 spiro atoms. The van der Waals surface area contributed by atoms with E-state index in [-0.39, 0.29) is 18.4 Å². The Labute approximate surface area is 136 Å². The van der Waals surface area contributed by atoms with Gasteiger partial charge in [-0.2, -0.15) is 0 Å². The van der Waals surface area contributed by atoms with Crippen LogP contribution in [-0.2, 0) is 4.79 Å². The van der Waals surface area contributed by atoms with E-state index in [1.165, 1.54) is 0 Å². The number of halogens is 2. The third kappa shape index (κ3) is 3.00. The van der Waals surface area contributed by atoms with Crippen LogP contribution in [0, 0.1) is 0 Å². The number of fused-ring (bicyclic) bond motifs is 1. The maximum absolute atomic E-state index is 12.2. The third-order valence-electron chi connectivity index (χ3n) is 3.05. The molecular formula is C15H10Cl2N2O3. The van der Waals surface area contributed by atoms with Crippen molar-refractivity contribution in [3.05, 3.63) is 52.0 Å². The summed E-state index contributed by atoms with van der Waals surface area (Å²) in [5.74, 6) is -0.0544. The molecule has 3 rings (SSSR count). The van der Waals surface area contributed by atoms with Crippen molar-refractivity contribution in [2.45, 2.75) is 0 Å². The highest BCUT2D eigenvalue weighted by Gasteiger charge is 2.18. The summed E-state index contributed by atoms with van der Waals surface area (Å²) in [6.45, 7) is -0.0260. The molecule has 7 heteroatoms. The number of rotatable bonds is 2. The lowest BCUT2D eigenvalue weighted by Gasteiger charge is -2.18. The zero-order chi connectivity index (χ0) is 15.7. The molecule has 112 valence electrons. The van der Waals surface area contributed by atoms with Crippen LogP contribution in [0.4, 0.5) is 11.4 Å². The SMILES string of the molecule is O=C1COc2ccc(C(=O)Nc3ccc(Cl)c(Cl)c3)cc2N1. The molecule has 1 aliphatic rings. The van der Waals surface area contributed by atoms with Gasteiger partial charge in [0.15, 0.2) is 6.61 Å². The number of hydrogen-bond acceptors (Lipinski definition) is 3. The zero-order valence-corrected chi connectivity index (χ0v) is 12.7. The molecule has 0 saturated carbocycles. The van der Waals surface area contributed by atoms with Crippen molar-refractivity contribution < 1.29 is 14.3 Å². The first-order valence-electron chi connectivity index (χ1n) is 6.36. The van der Waals surface area contributed by atoms with E-state index in [4.69, 9.17) is 27.9 Å². The Kier molecular flexibility index (Phi) is 3.92. The van der Waals surface area contributed by atoms with Crippen LogP contribution in [0.2, 0.25) is 10.0 Å². The van der Waals surface area contributed by atoms with E-state index >= 15 is 0 Å². The second-order valence-electron chi connectivity index (χ2n) is 4.63. The highest BCUT2D eigenvalue weighted by atomic mass is 35.5. The molecule has 2 amide bonds. The van der Waals surface area contributed by atoms with Gasteiger partial charge >= 0.3 is 0 Å². The summed E-state index contributed by atoms with van der Waals surface area (Å²) in [4.78, 5) is 23.5. The van der Waals surface area contributed by atoms with Crippen LogP contribution in [0.3, 0.4) is 0 Å². The van der Waals surface area contributed by atoms with E-state index < -0.39 is 0 Å². The summed E-state index contributed by atoms with van der Waals surface area (Å²) in [6.07, 6.45) is 0. The van der Waals surface area contributed by atoms with Gasteiger partial charge in [0.2, 0.25) is 0 Å². The van der Waals surface area contributed by atoms with Crippen LogP contribution >= 0.6 is 23.2 Å². The molecule has 2 N–H and O–H groups in total. The topological polar surface area (TPSA) is 67.4 Å². The van der Waals surface area contributed by atoms with Crippen molar-refractivity contribution in [1.29, 1.82) is 0 Å². The highest BCUT2D eigenvalue weighted by molar-refractivity contribution is 6.42. The minimum absolute atomic E-state index is 0.0260. The fourth-order valence-corrected chi connectivity index (χ4v) is 2.30. The first kappa shape index (κ1) is 14.7. The van der Waals surface area contributed by atoms with Gasteiger partial charge in [0.25, 0.3) is 11.8 Å². The molecule has 0 saturated heterocycles. The van der Waals surface area contributed by atoms with Crippen LogP contribution in [0.15, 0.2) is 36.4 Å². The van der Waals surface area contributed by atoms with Crippen molar-refractivity contribution in [2.75, 3.05) is 17.2 Å². The third-order valence-corrected chi connectivity index (χ3v) is 3.79. The lowest BCUT2D eigenvalue weighted by Crippen LogP contribution is -2.25. The number of carbonyl (C=O) groups is 2. The minimum atomic E-state index is -0.332. The molecule has 0 radical (unpaired) electrons. The van der Waals surface area contributed by atoms with E-state index in [1.807, 2.05) is 0 Å². The van der Waals surface area contributed by atoms with E-state index in [1.54, 1.807) is 36.4 Å². The molecular weight excluding hydrogens is 327 g/mol. The summed E-state index contributed by atoms with van der Waals surface area (Å²) in [6, 6.07) is 9.61. The molecule has 1 aliphatic heterocycles. The van der Waals surface area contributed by atoms with Gasteiger partial charge in [-0.15, -0.1) is 0 Å². The lowest BCUT2D eigenvalue weighted by molar-refractivity contribution is -0.118. The van der Waals surface area contributed by atoms with Crippen molar-refractivity contribution in [3.63, 3.8) is 0 Å². The summed E-state index contributed by atoms with van der Waals surface area (Å²) >= 11 is 11.7. The van der Waals surface area contributed by atoms with Crippen LogP contribution in [0.1, 0.15) is 10.4 Å². The molecule has 22 heavy (non-hydrogen) atoms. The van der Waals surface area contributed by atoms with E-state index in [9.17, 15) is 9.59 Å². The number of anilines is 2. The van der Waals surface area contributed by atoms with Crippen molar-refractivity contribution in [1.82, 2.24) is 0 Å². The predicted molar refractivity (Wildman–Crippen MR) is 85.0 cm³/mol. The lowest BCUT2D eigenvalue weighted by atomic mass is 10.1. The Hall–Kier alpha value is -2.24. The van der Waals surface area contributed by atoms with Crippen LogP contribution < -0.4 is 15.4 Å². The Morgan fingerprint density at radius 2 is 1.95 bits per heavy atom. The molecule has 0 fully saturated rings. The molecule has 5 nitrogen and oxygen atoms in total. The zero-order valence-electron chi connectivity index (χ0n) is 11.2. The summed E-state index contributed by atoms with van der Waals surface area (Å²) in [5, 5.41) is 6.12. The number of carbonyl (C=O) groups excluding carboxylic acids is 2. The fraction of sp³-hybridized carbons (Fsp3) is 0.0667. The van der Waals surface area contributed by atoms with E-state index in [0.29, 0.717) is 32.7 Å². The average Bonchev–Trinajstić information content (AvgIpc) is 2.50. The fourth-order valence-electron chi connectivity index (χ4n) is 2.00. The summed E-state index contributed by atoms with van der Waals surface area (Å²) in [7, 11) is 0. The van der Waals surface area contributed by atoms with Gasteiger partial charge in [-0.05, 0) is 36.4 Å². The number of nitrogens with one attached hydrogen (secondary N) is 2. The quantitative estimate of drug-likeness (QED) is 0.880. The summed E-state index contributed by atoms with van der Waals surface area (Å²) in [5.41, 5.74) is 1.38. The summed E-state index contributed by atoms with van der Waals surface area (Å²) < 4.78 is 5.24. The van der Waals surface area contributed by atoms with Gasteiger partial charge in [0.05, 0.1) is 15.7 Å². The second-order valence-corrected chi connectivity index (χ2v) is 5.45. The van der Waals surface area contributed by atoms with Gasteiger partial charge in [-0.1, -0.05) is 23.2 Å². The first-order chi connectivity index (χ1) is 10.5. The largest absolute Gasteiger partial charge is 0.482 e. The number of hydrogen-bond donors (Lipinski definition) is 2. The Bertz CT molecular complexity index is 777. The second kappa shape index (κ2) is 5.87. The first-order valence-corrected chi connectivity index (χ1v) is 7.11. The van der Waals surface area contributed by atoms with Crippen LogP contribution in [0.5, 0.6) is 5.75 Å². The van der Waals surface area contributed by atoms with Gasteiger partial charge in [-0.25, -0.2) is 0 Å².